The maximum Gasteiger partial charge on any atom is 0.255 e. The molecular weight excluding hydrogens is 388 g/mol. The summed E-state index contributed by atoms with van der Waals surface area (Å²) in [5, 5.41) is 5.69. The van der Waals surface area contributed by atoms with Crippen LogP contribution in [0.25, 0.3) is 0 Å². The van der Waals surface area contributed by atoms with Gasteiger partial charge in [-0.15, -0.1) is 0 Å². The molecule has 0 aromatic heterocycles. The number of halogens is 1. The van der Waals surface area contributed by atoms with E-state index in [0.717, 1.165) is 19.1 Å². The molecule has 2 aromatic carbocycles. The number of hydrogen-bond acceptors (Lipinski definition) is 4. The Bertz CT molecular complexity index is 958. The molecule has 0 fully saturated rings. The summed E-state index contributed by atoms with van der Waals surface area (Å²) in [4.78, 5) is 24.2. The molecule has 0 heterocycles. The lowest BCUT2D eigenvalue weighted by molar-refractivity contribution is -0.116. The van der Waals surface area contributed by atoms with Gasteiger partial charge in [0, 0.05) is 23.9 Å². The minimum absolute atomic E-state index is 0.0679. The summed E-state index contributed by atoms with van der Waals surface area (Å²) in [5.74, 6) is -0.579. The van der Waals surface area contributed by atoms with Gasteiger partial charge < -0.3 is 10.6 Å². The molecule has 6 nitrogen and oxygen atoms in total. The number of sulfone groups is 1. The van der Waals surface area contributed by atoms with Gasteiger partial charge in [-0.05, 0) is 42.8 Å². The highest BCUT2D eigenvalue weighted by atomic mass is 35.5. The first-order chi connectivity index (χ1) is 12.7. The molecule has 2 N–H and O–H groups in total. The van der Waals surface area contributed by atoms with Crippen LogP contribution in [0.2, 0.25) is 5.02 Å². The van der Waals surface area contributed by atoms with Crippen LogP contribution in [-0.2, 0) is 14.6 Å². The summed E-state index contributed by atoms with van der Waals surface area (Å²) in [7, 11) is -3.40. The lowest BCUT2D eigenvalue weighted by Gasteiger charge is -2.10. The molecule has 0 spiro atoms. The summed E-state index contributed by atoms with van der Waals surface area (Å²) in [6, 6.07) is 10.5. The number of carbonyl (C=O) groups is 2. The average Bonchev–Trinajstić information content (AvgIpc) is 2.61. The van der Waals surface area contributed by atoms with Crippen molar-refractivity contribution in [1.82, 2.24) is 0 Å². The van der Waals surface area contributed by atoms with Crippen LogP contribution in [0.3, 0.4) is 0 Å². The van der Waals surface area contributed by atoms with Crippen molar-refractivity contribution in [2.24, 2.45) is 0 Å². The second-order valence-electron chi connectivity index (χ2n) is 6.10. The molecule has 144 valence electrons. The Morgan fingerprint density at radius 1 is 1.07 bits per heavy atom. The summed E-state index contributed by atoms with van der Waals surface area (Å²) >= 11 is 6.18. The number of rotatable bonds is 7. The minimum Gasteiger partial charge on any atom is -0.325 e. The third-order valence-corrected chi connectivity index (χ3v) is 5.21. The lowest BCUT2D eigenvalue weighted by atomic mass is 10.2. The Morgan fingerprint density at radius 3 is 2.44 bits per heavy atom. The van der Waals surface area contributed by atoms with Crippen LogP contribution in [-0.4, -0.2) is 26.5 Å². The van der Waals surface area contributed by atoms with E-state index in [1.54, 1.807) is 12.1 Å². The van der Waals surface area contributed by atoms with Gasteiger partial charge in [0.1, 0.15) is 0 Å². The van der Waals surface area contributed by atoms with Gasteiger partial charge in [0.25, 0.3) is 5.91 Å². The zero-order valence-electron chi connectivity index (χ0n) is 15.1. The molecule has 0 saturated carbocycles. The van der Waals surface area contributed by atoms with Crippen molar-refractivity contribution in [3.8, 4) is 0 Å². The van der Waals surface area contributed by atoms with E-state index in [-0.39, 0.29) is 16.4 Å². The van der Waals surface area contributed by atoms with Crippen LogP contribution in [0.1, 0.15) is 36.5 Å². The van der Waals surface area contributed by atoms with E-state index in [0.29, 0.717) is 22.8 Å². The zero-order chi connectivity index (χ0) is 20.0. The average molecular weight is 409 g/mol. The summed E-state index contributed by atoms with van der Waals surface area (Å²) in [6.07, 6.45) is 3.22. The molecule has 8 heteroatoms. The number of hydrogen-bond donors (Lipinski definition) is 2. The predicted octanol–water partition coefficient (Wildman–Crippen LogP) is 4.12. The van der Waals surface area contributed by atoms with Gasteiger partial charge >= 0.3 is 0 Å². The quantitative estimate of drug-likeness (QED) is 0.720. The SMILES string of the molecule is CCCCC(=O)Nc1ccc(NC(=O)c2cccc(S(C)(=O)=O)c2)cc1Cl. The normalized spacial score (nSPS) is 11.1. The van der Waals surface area contributed by atoms with E-state index in [1.807, 2.05) is 6.92 Å². The molecule has 2 aromatic rings. The van der Waals surface area contributed by atoms with Crippen LogP contribution in [0, 0.1) is 0 Å². The molecule has 0 aliphatic heterocycles. The summed E-state index contributed by atoms with van der Waals surface area (Å²) < 4.78 is 23.2. The maximum atomic E-state index is 12.4. The summed E-state index contributed by atoms with van der Waals surface area (Å²) in [6.45, 7) is 2.00. The van der Waals surface area contributed by atoms with Gasteiger partial charge in [-0.2, -0.15) is 0 Å². The fourth-order valence-corrected chi connectivity index (χ4v) is 3.21. The van der Waals surface area contributed by atoms with Gasteiger partial charge in [0.15, 0.2) is 9.84 Å². The zero-order valence-corrected chi connectivity index (χ0v) is 16.7. The molecule has 0 atom stereocenters. The minimum atomic E-state index is -3.40. The highest BCUT2D eigenvalue weighted by molar-refractivity contribution is 7.90. The van der Waals surface area contributed by atoms with Crippen molar-refractivity contribution in [1.29, 1.82) is 0 Å². The second-order valence-corrected chi connectivity index (χ2v) is 8.52. The van der Waals surface area contributed by atoms with Crippen molar-refractivity contribution in [3.63, 3.8) is 0 Å². The third kappa shape index (κ3) is 6.08. The van der Waals surface area contributed by atoms with Crippen LogP contribution >= 0.6 is 11.6 Å². The molecule has 2 amide bonds. The highest BCUT2D eigenvalue weighted by Crippen LogP contribution is 2.26. The molecule has 0 unspecified atom stereocenters. The number of carbonyl (C=O) groups excluding carboxylic acids is 2. The molecule has 2 rings (SSSR count). The van der Waals surface area contributed by atoms with Crippen molar-refractivity contribution in [2.75, 3.05) is 16.9 Å². The Balaban J connectivity index is 2.11. The second kappa shape index (κ2) is 9.01. The predicted molar refractivity (Wildman–Crippen MR) is 107 cm³/mol. The Kier molecular flexibility index (Phi) is 6.98. The number of anilines is 2. The van der Waals surface area contributed by atoms with Crippen molar-refractivity contribution >= 4 is 44.6 Å². The summed E-state index contributed by atoms with van der Waals surface area (Å²) in [5.41, 5.74) is 1.11. The fraction of sp³-hybridized carbons (Fsp3) is 0.263. The molecular formula is C19H21ClN2O4S. The molecule has 0 aliphatic carbocycles. The first-order valence-electron chi connectivity index (χ1n) is 8.41. The van der Waals surface area contributed by atoms with Crippen molar-refractivity contribution in [2.45, 2.75) is 31.1 Å². The molecule has 0 saturated heterocycles. The van der Waals surface area contributed by atoms with Crippen LogP contribution in [0.15, 0.2) is 47.4 Å². The molecule has 0 radical (unpaired) electrons. The van der Waals surface area contributed by atoms with Gasteiger partial charge in [0.2, 0.25) is 5.91 Å². The number of unbranched alkanes of at least 4 members (excludes halogenated alkanes) is 1. The smallest absolute Gasteiger partial charge is 0.255 e. The van der Waals surface area contributed by atoms with E-state index in [9.17, 15) is 18.0 Å². The number of amides is 2. The van der Waals surface area contributed by atoms with E-state index in [2.05, 4.69) is 10.6 Å². The van der Waals surface area contributed by atoms with Crippen molar-refractivity contribution < 1.29 is 18.0 Å². The van der Waals surface area contributed by atoms with Gasteiger partial charge in [-0.1, -0.05) is 31.0 Å². The first-order valence-corrected chi connectivity index (χ1v) is 10.7. The Morgan fingerprint density at radius 2 is 1.81 bits per heavy atom. The van der Waals surface area contributed by atoms with Gasteiger partial charge in [-0.3, -0.25) is 9.59 Å². The van der Waals surface area contributed by atoms with Crippen LogP contribution in [0.4, 0.5) is 11.4 Å². The standard InChI is InChI=1S/C19H21ClN2O4S/c1-3-4-8-18(23)22-17-10-9-14(12-16(17)20)21-19(24)13-6-5-7-15(11-13)27(2,25)26/h5-7,9-12H,3-4,8H2,1-2H3,(H,21,24)(H,22,23). The number of nitrogens with one attached hydrogen (secondary N) is 2. The lowest BCUT2D eigenvalue weighted by Crippen LogP contribution is -2.14. The Hall–Kier alpha value is -2.38. The maximum absolute atomic E-state index is 12.4. The topological polar surface area (TPSA) is 92.3 Å². The number of benzene rings is 2. The van der Waals surface area contributed by atoms with E-state index in [4.69, 9.17) is 11.6 Å². The van der Waals surface area contributed by atoms with Crippen LogP contribution in [0.5, 0.6) is 0 Å². The third-order valence-electron chi connectivity index (χ3n) is 3.78. The fourth-order valence-electron chi connectivity index (χ4n) is 2.32. The monoisotopic (exact) mass is 408 g/mol. The largest absolute Gasteiger partial charge is 0.325 e. The molecule has 0 aliphatic rings. The van der Waals surface area contributed by atoms with Gasteiger partial charge in [0.05, 0.1) is 15.6 Å². The van der Waals surface area contributed by atoms with Gasteiger partial charge in [-0.25, -0.2) is 8.42 Å². The van der Waals surface area contributed by atoms with E-state index in [1.165, 1.54) is 30.3 Å². The van der Waals surface area contributed by atoms with E-state index >= 15 is 0 Å². The van der Waals surface area contributed by atoms with Crippen LogP contribution < -0.4 is 10.6 Å². The molecule has 0 bridgehead atoms. The highest BCUT2D eigenvalue weighted by Gasteiger charge is 2.13. The molecule has 27 heavy (non-hydrogen) atoms. The van der Waals surface area contributed by atoms with E-state index < -0.39 is 15.7 Å². The Labute approximate surface area is 163 Å². The first kappa shape index (κ1) is 20.9. The van der Waals surface area contributed by atoms with Crippen molar-refractivity contribution in [3.05, 3.63) is 53.1 Å².